The second kappa shape index (κ2) is 12.1. The lowest BCUT2D eigenvalue weighted by Gasteiger charge is -2.23. The molecular weight excluding hydrogens is 504 g/mol. The van der Waals surface area contributed by atoms with E-state index in [1.807, 2.05) is 24.3 Å². The molecule has 0 bridgehead atoms. The van der Waals surface area contributed by atoms with Crippen molar-refractivity contribution in [3.63, 3.8) is 0 Å². The molecule has 1 heterocycles. The van der Waals surface area contributed by atoms with Crippen molar-refractivity contribution in [1.29, 1.82) is 0 Å². The summed E-state index contributed by atoms with van der Waals surface area (Å²) >= 11 is 0. The lowest BCUT2D eigenvalue weighted by molar-refractivity contribution is 0.0940. The Labute approximate surface area is 225 Å². The number of nitrogens with one attached hydrogen (secondary N) is 2. The Balaban J connectivity index is 1.56. The number of nitrogens with two attached hydrogens (primary N) is 2. The van der Waals surface area contributed by atoms with Crippen LogP contribution in [0.4, 0.5) is 26.0 Å². The maximum absolute atomic E-state index is 13.7. The van der Waals surface area contributed by atoms with Gasteiger partial charge in [-0.05, 0) is 66.6 Å². The first kappa shape index (κ1) is 27.2. The zero-order chi connectivity index (χ0) is 27.9. The van der Waals surface area contributed by atoms with Crippen LogP contribution >= 0.6 is 0 Å². The topological polar surface area (TPSA) is 125 Å². The molecule has 2 atom stereocenters. The number of anilines is 3. The summed E-state index contributed by atoms with van der Waals surface area (Å²) in [5, 5.41) is 6.12. The van der Waals surface area contributed by atoms with E-state index in [1.165, 1.54) is 6.07 Å². The minimum atomic E-state index is -0.984. The van der Waals surface area contributed by atoms with Crippen LogP contribution in [0.1, 0.15) is 40.5 Å². The minimum absolute atomic E-state index is 0.165. The highest BCUT2D eigenvalue weighted by molar-refractivity contribution is 5.99. The van der Waals surface area contributed by atoms with E-state index in [1.54, 1.807) is 50.6 Å². The maximum atomic E-state index is 13.7. The van der Waals surface area contributed by atoms with Crippen molar-refractivity contribution in [2.75, 3.05) is 30.5 Å². The van der Waals surface area contributed by atoms with E-state index in [9.17, 15) is 13.6 Å². The van der Waals surface area contributed by atoms with Gasteiger partial charge in [-0.25, -0.2) is 13.8 Å². The standard InChI is InChI=1S/C29H29F2N5O3/c1-17(19-7-11-23(30)24(31)14-19)35-29(37)22-4-3-13-34-28(22)36-27(18-5-8-20(38-2)9-6-18)16-39-21-10-12-25(32)26(33)15-21/h3-15,17,27H,16,32-33H2,1-2H3,(H,34,36)(H,35,37). The lowest BCUT2D eigenvalue weighted by atomic mass is 10.1. The van der Waals surface area contributed by atoms with E-state index in [4.69, 9.17) is 20.9 Å². The molecule has 4 aromatic rings. The van der Waals surface area contributed by atoms with Crippen LogP contribution in [0.5, 0.6) is 11.5 Å². The second-order valence-corrected chi connectivity index (χ2v) is 8.84. The zero-order valence-electron chi connectivity index (χ0n) is 21.4. The Morgan fingerprint density at radius 3 is 2.33 bits per heavy atom. The Morgan fingerprint density at radius 1 is 0.923 bits per heavy atom. The smallest absolute Gasteiger partial charge is 0.255 e. The molecule has 0 fully saturated rings. The van der Waals surface area contributed by atoms with Crippen LogP contribution in [0.25, 0.3) is 0 Å². The van der Waals surface area contributed by atoms with Gasteiger partial charge in [0, 0.05) is 12.3 Å². The van der Waals surface area contributed by atoms with Gasteiger partial charge in [0.05, 0.1) is 36.1 Å². The van der Waals surface area contributed by atoms with Crippen molar-refractivity contribution in [2.24, 2.45) is 0 Å². The first-order valence-electron chi connectivity index (χ1n) is 12.1. The number of amides is 1. The van der Waals surface area contributed by atoms with Crippen LogP contribution < -0.4 is 31.6 Å². The summed E-state index contributed by atoms with van der Waals surface area (Å²) in [7, 11) is 1.58. The van der Waals surface area contributed by atoms with Gasteiger partial charge in [0.15, 0.2) is 11.6 Å². The number of carbonyl (C=O) groups is 1. The number of pyridine rings is 1. The number of hydrogen-bond acceptors (Lipinski definition) is 7. The van der Waals surface area contributed by atoms with Gasteiger partial charge in [0.2, 0.25) is 0 Å². The first-order chi connectivity index (χ1) is 18.7. The number of carbonyl (C=O) groups excluding carboxylic acids is 1. The number of methoxy groups -OCH3 is 1. The van der Waals surface area contributed by atoms with E-state index in [-0.39, 0.29) is 12.2 Å². The molecule has 0 aliphatic carbocycles. The molecule has 0 saturated carbocycles. The van der Waals surface area contributed by atoms with Crippen LogP contribution in [0, 0.1) is 11.6 Å². The highest BCUT2D eigenvalue weighted by atomic mass is 19.2. The fraction of sp³-hybridized carbons (Fsp3) is 0.172. The van der Waals surface area contributed by atoms with E-state index in [2.05, 4.69) is 15.6 Å². The fourth-order valence-corrected chi connectivity index (χ4v) is 3.89. The summed E-state index contributed by atoms with van der Waals surface area (Å²) in [5.74, 6) is -0.848. The third kappa shape index (κ3) is 6.72. The molecule has 39 heavy (non-hydrogen) atoms. The van der Waals surface area contributed by atoms with E-state index in [0.29, 0.717) is 34.3 Å². The number of nitrogens with zero attached hydrogens (tertiary/aromatic N) is 1. The van der Waals surface area contributed by atoms with Crippen LogP contribution in [-0.2, 0) is 0 Å². The summed E-state index contributed by atoms with van der Waals surface area (Å²) in [4.78, 5) is 17.6. The Hall–Kier alpha value is -4.86. The average Bonchev–Trinajstić information content (AvgIpc) is 2.94. The van der Waals surface area contributed by atoms with Gasteiger partial charge in [-0.15, -0.1) is 0 Å². The first-order valence-corrected chi connectivity index (χ1v) is 12.1. The van der Waals surface area contributed by atoms with Crippen LogP contribution in [0.3, 0.4) is 0 Å². The van der Waals surface area contributed by atoms with Crippen LogP contribution in [-0.4, -0.2) is 24.6 Å². The third-order valence-corrected chi connectivity index (χ3v) is 6.15. The summed E-state index contributed by atoms with van der Waals surface area (Å²) in [6, 6.07) is 18.2. The number of halogens is 2. The number of benzene rings is 3. The summed E-state index contributed by atoms with van der Waals surface area (Å²) in [6.45, 7) is 1.85. The number of aromatic nitrogens is 1. The van der Waals surface area contributed by atoms with E-state index in [0.717, 1.165) is 17.7 Å². The number of hydrogen-bond donors (Lipinski definition) is 4. The molecule has 0 radical (unpaired) electrons. The second-order valence-electron chi connectivity index (χ2n) is 8.84. The Morgan fingerprint density at radius 2 is 1.64 bits per heavy atom. The van der Waals surface area contributed by atoms with Gasteiger partial charge in [-0.2, -0.15) is 0 Å². The number of ether oxygens (including phenoxy) is 2. The monoisotopic (exact) mass is 533 g/mol. The average molecular weight is 534 g/mol. The molecular formula is C29H29F2N5O3. The fourth-order valence-electron chi connectivity index (χ4n) is 3.89. The minimum Gasteiger partial charge on any atom is -0.497 e. The van der Waals surface area contributed by atoms with E-state index >= 15 is 0 Å². The molecule has 202 valence electrons. The van der Waals surface area contributed by atoms with Gasteiger partial charge in [0.25, 0.3) is 5.91 Å². The lowest BCUT2D eigenvalue weighted by Crippen LogP contribution is -2.29. The molecule has 10 heteroatoms. The molecule has 0 spiro atoms. The predicted molar refractivity (Wildman–Crippen MR) is 147 cm³/mol. The zero-order valence-corrected chi connectivity index (χ0v) is 21.4. The van der Waals surface area contributed by atoms with E-state index < -0.39 is 29.6 Å². The maximum Gasteiger partial charge on any atom is 0.255 e. The summed E-state index contributed by atoms with van der Waals surface area (Å²) in [6.07, 6.45) is 1.56. The molecule has 4 rings (SSSR count). The summed E-state index contributed by atoms with van der Waals surface area (Å²) < 4.78 is 38.3. The quantitative estimate of drug-likeness (QED) is 0.205. The SMILES string of the molecule is COc1ccc(C(COc2ccc(N)c(N)c2)Nc2ncccc2C(=O)NC(C)c2ccc(F)c(F)c2)cc1. The third-order valence-electron chi connectivity index (χ3n) is 6.15. The molecule has 8 nitrogen and oxygen atoms in total. The Bertz CT molecular complexity index is 1450. The van der Waals surface area contributed by atoms with Crippen LogP contribution in [0.15, 0.2) is 79.0 Å². The highest BCUT2D eigenvalue weighted by Gasteiger charge is 2.20. The van der Waals surface area contributed by atoms with Crippen molar-refractivity contribution >= 4 is 23.1 Å². The molecule has 0 aliphatic rings. The molecule has 1 amide bonds. The molecule has 6 N–H and O–H groups in total. The molecule has 3 aromatic carbocycles. The van der Waals surface area contributed by atoms with Crippen molar-refractivity contribution in [1.82, 2.24) is 10.3 Å². The van der Waals surface area contributed by atoms with Gasteiger partial charge in [-0.3, -0.25) is 4.79 Å². The van der Waals surface area contributed by atoms with Crippen molar-refractivity contribution in [3.8, 4) is 11.5 Å². The van der Waals surface area contributed by atoms with Crippen molar-refractivity contribution < 1.29 is 23.0 Å². The predicted octanol–water partition coefficient (Wildman–Crippen LogP) is 5.26. The molecule has 2 unspecified atom stereocenters. The normalized spacial score (nSPS) is 12.3. The van der Waals surface area contributed by atoms with Gasteiger partial charge >= 0.3 is 0 Å². The summed E-state index contributed by atoms with van der Waals surface area (Å²) in [5.41, 5.74) is 14.1. The van der Waals surface area contributed by atoms with Gasteiger partial charge in [-0.1, -0.05) is 18.2 Å². The molecule has 1 aromatic heterocycles. The van der Waals surface area contributed by atoms with Gasteiger partial charge < -0.3 is 31.6 Å². The van der Waals surface area contributed by atoms with Crippen molar-refractivity contribution in [3.05, 3.63) is 107 Å². The molecule has 0 saturated heterocycles. The molecule has 0 aliphatic heterocycles. The number of nitrogen functional groups attached to an aromatic ring is 2. The van der Waals surface area contributed by atoms with Gasteiger partial charge in [0.1, 0.15) is 23.9 Å². The van der Waals surface area contributed by atoms with Crippen molar-refractivity contribution in [2.45, 2.75) is 19.0 Å². The number of rotatable bonds is 10. The van der Waals surface area contributed by atoms with Crippen LogP contribution in [0.2, 0.25) is 0 Å². The Kier molecular flexibility index (Phi) is 8.45. The largest absolute Gasteiger partial charge is 0.497 e. The highest BCUT2D eigenvalue weighted by Crippen LogP contribution is 2.27.